The topological polar surface area (TPSA) is 66.2 Å². The van der Waals surface area contributed by atoms with E-state index in [0.717, 1.165) is 17.8 Å². The lowest BCUT2D eigenvalue weighted by atomic mass is 10.2. The number of aromatic nitrogens is 3. The molecule has 1 heterocycles. The molecule has 6 heteroatoms. The maximum Gasteiger partial charge on any atom is 0.216 e. The van der Waals surface area contributed by atoms with Gasteiger partial charge in [0.05, 0.1) is 6.21 Å². The number of H-pyrrole nitrogens is 1. The van der Waals surface area contributed by atoms with Crippen LogP contribution in [-0.4, -0.2) is 26.2 Å². The highest BCUT2D eigenvalue weighted by molar-refractivity contribution is 7.71. The molecule has 0 saturated heterocycles. The molecule has 2 aromatic rings. The maximum absolute atomic E-state index is 9.15. The molecule has 2 N–H and O–H groups in total. The molecule has 0 unspecified atom stereocenters. The van der Waals surface area contributed by atoms with Gasteiger partial charge in [0.25, 0.3) is 0 Å². The van der Waals surface area contributed by atoms with Gasteiger partial charge in [0.15, 0.2) is 5.82 Å². The van der Waals surface area contributed by atoms with Crippen LogP contribution in [-0.2, 0) is 6.42 Å². The largest absolute Gasteiger partial charge is 0.508 e. The SMILES string of the molecule is CCc1n[nH]c(=S)n1/N=C/c1ccc(O)cc1. The van der Waals surface area contributed by atoms with E-state index in [1.54, 1.807) is 35.2 Å². The fourth-order valence-corrected chi connectivity index (χ4v) is 1.56. The lowest BCUT2D eigenvalue weighted by Gasteiger charge is -1.97. The molecule has 0 spiro atoms. The molecule has 0 bridgehead atoms. The predicted octanol–water partition coefficient (Wildman–Crippen LogP) is 2.09. The monoisotopic (exact) mass is 248 g/mol. The van der Waals surface area contributed by atoms with Gasteiger partial charge in [-0.05, 0) is 42.0 Å². The first-order chi connectivity index (χ1) is 8.20. The van der Waals surface area contributed by atoms with E-state index in [0.29, 0.717) is 4.77 Å². The van der Waals surface area contributed by atoms with Crippen molar-refractivity contribution in [2.45, 2.75) is 13.3 Å². The van der Waals surface area contributed by atoms with Gasteiger partial charge in [-0.2, -0.15) is 14.9 Å². The summed E-state index contributed by atoms with van der Waals surface area (Å²) in [7, 11) is 0. The van der Waals surface area contributed by atoms with Crippen LogP contribution in [0.1, 0.15) is 18.3 Å². The van der Waals surface area contributed by atoms with Gasteiger partial charge < -0.3 is 5.11 Å². The van der Waals surface area contributed by atoms with Crippen LogP contribution in [0.4, 0.5) is 0 Å². The number of phenolic OH excluding ortho intramolecular Hbond substituents is 1. The Labute approximate surface area is 103 Å². The van der Waals surface area contributed by atoms with Gasteiger partial charge in [0.1, 0.15) is 5.75 Å². The summed E-state index contributed by atoms with van der Waals surface area (Å²) >= 11 is 5.07. The fraction of sp³-hybridized carbons (Fsp3) is 0.182. The zero-order valence-electron chi connectivity index (χ0n) is 9.29. The first kappa shape index (κ1) is 11.5. The van der Waals surface area contributed by atoms with Crippen LogP contribution in [0.2, 0.25) is 0 Å². The van der Waals surface area contributed by atoms with E-state index >= 15 is 0 Å². The molecule has 5 nitrogen and oxygen atoms in total. The number of benzene rings is 1. The molecule has 1 aromatic carbocycles. The van der Waals surface area contributed by atoms with E-state index in [1.807, 2.05) is 6.92 Å². The molecule has 88 valence electrons. The summed E-state index contributed by atoms with van der Waals surface area (Å²) in [6.45, 7) is 1.98. The highest BCUT2D eigenvalue weighted by Gasteiger charge is 2.00. The Bertz CT molecular complexity index is 582. The molecule has 0 aliphatic carbocycles. The normalized spacial score (nSPS) is 11.1. The van der Waals surface area contributed by atoms with Crippen molar-refractivity contribution >= 4 is 18.4 Å². The van der Waals surface area contributed by atoms with Crippen LogP contribution < -0.4 is 0 Å². The quantitative estimate of drug-likeness (QED) is 0.645. The lowest BCUT2D eigenvalue weighted by Crippen LogP contribution is -1.97. The number of nitrogens with zero attached hydrogens (tertiary/aromatic N) is 3. The first-order valence-electron chi connectivity index (χ1n) is 5.20. The average Bonchev–Trinajstić information content (AvgIpc) is 2.69. The van der Waals surface area contributed by atoms with E-state index in [-0.39, 0.29) is 5.75 Å². The van der Waals surface area contributed by atoms with E-state index < -0.39 is 0 Å². The Hall–Kier alpha value is -1.95. The van der Waals surface area contributed by atoms with Crippen LogP contribution >= 0.6 is 12.2 Å². The van der Waals surface area contributed by atoms with Crippen molar-refractivity contribution in [1.82, 2.24) is 14.9 Å². The van der Waals surface area contributed by atoms with Gasteiger partial charge in [0, 0.05) is 6.42 Å². The number of aryl methyl sites for hydroxylation is 1. The number of hydrogen-bond donors (Lipinski definition) is 2. The van der Waals surface area contributed by atoms with Crippen molar-refractivity contribution in [3.05, 3.63) is 40.4 Å². The van der Waals surface area contributed by atoms with Crippen molar-refractivity contribution in [1.29, 1.82) is 0 Å². The third-order valence-electron chi connectivity index (χ3n) is 2.25. The summed E-state index contributed by atoms with van der Waals surface area (Å²) in [5.74, 6) is 1.02. The smallest absolute Gasteiger partial charge is 0.216 e. The van der Waals surface area contributed by atoms with Crippen molar-refractivity contribution in [3.63, 3.8) is 0 Å². The summed E-state index contributed by atoms with van der Waals surface area (Å²) < 4.78 is 2.05. The molecule has 0 fully saturated rings. The Kier molecular flexibility index (Phi) is 3.34. The molecular weight excluding hydrogens is 236 g/mol. The molecule has 0 amide bonds. The minimum absolute atomic E-state index is 0.233. The Morgan fingerprint density at radius 1 is 1.47 bits per heavy atom. The van der Waals surface area contributed by atoms with Crippen molar-refractivity contribution in [3.8, 4) is 5.75 Å². The number of phenols is 1. The van der Waals surface area contributed by atoms with Crippen LogP contribution in [0.5, 0.6) is 5.75 Å². The Balaban J connectivity index is 2.28. The van der Waals surface area contributed by atoms with Gasteiger partial charge >= 0.3 is 0 Å². The van der Waals surface area contributed by atoms with Crippen LogP contribution in [0, 0.1) is 4.77 Å². The standard InChI is InChI=1S/C11H12N4OS/c1-2-10-13-14-11(17)15(10)12-7-8-3-5-9(16)6-4-8/h3-7,16H,2H2,1H3,(H,14,17)/b12-7+. The maximum atomic E-state index is 9.15. The summed E-state index contributed by atoms with van der Waals surface area (Å²) in [4.78, 5) is 0. The molecule has 0 aliphatic heterocycles. The molecule has 0 atom stereocenters. The molecule has 2 rings (SSSR count). The van der Waals surface area contributed by atoms with Crippen LogP contribution in [0.25, 0.3) is 0 Å². The van der Waals surface area contributed by atoms with Gasteiger partial charge in [-0.1, -0.05) is 6.92 Å². The summed E-state index contributed by atoms with van der Waals surface area (Å²) in [6.07, 6.45) is 2.42. The number of hydrogen-bond acceptors (Lipinski definition) is 4. The van der Waals surface area contributed by atoms with Gasteiger partial charge in [0.2, 0.25) is 4.77 Å². The van der Waals surface area contributed by atoms with Crippen molar-refractivity contribution in [2.24, 2.45) is 5.10 Å². The third kappa shape index (κ3) is 2.59. The molecule has 0 aliphatic rings. The highest BCUT2D eigenvalue weighted by atomic mass is 32.1. The van der Waals surface area contributed by atoms with E-state index in [2.05, 4.69) is 15.3 Å². The van der Waals surface area contributed by atoms with Crippen LogP contribution in [0.15, 0.2) is 29.4 Å². The van der Waals surface area contributed by atoms with E-state index in [9.17, 15) is 0 Å². The second kappa shape index (κ2) is 4.92. The molecule has 0 radical (unpaired) electrons. The van der Waals surface area contributed by atoms with Gasteiger partial charge in [-0.15, -0.1) is 0 Å². The summed E-state index contributed by atoms with van der Waals surface area (Å²) in [6, 6.07) is 6.76. The Morgan fingerprint density at radius 2 is 2.18 bits per heavy atom. The zero-order valence-corrected chi connectivity index (χ0v) is 10.1. The average molecular weight is 248 g/mol. The number of aromatic hydroxyl groups is 1. The summed E-state index contributed by atoms with van der Waals surface area (Å²) in [5.41, 5.74) is 0.882. The number of nitrogens with one attached hydrogen (secondary N) is 1. The molecule has 0 saturated carbocycles. The highest BCUT2D eigenvalue weighted by Crippen LogP contribution is 2.08. The second-order valence-corrected chi connectivity index (χ2v) is 3.83. The predicted molar refractivity (Wildman–Crippen MR) is 67.9 cm³/mol. The van der Waals surface area contributed by atoms with Gasteiger partial charge in [-0.3, -0.25) is 5.10 Å². The van der Waals surface area contributed by atoms with Crippen molar-refractivity contribution in [2.75, 3.05) is 0 Å². The minimum Gasteiger partial charge on any atom is -0.508 e. The van der Waals surface area contributed by atoms with Gasteiger partial charge in [-0.25, -0.2) is 0 Å². The minimum atomic E-state index is 0.233. The number of rotatable bonds is 3. The summed E-state index contributed by atoms with van der Waals surface area (Å²) in [5, 5.41) is 20.2. The van der Waals surface area contributed by atoms with Crippen molar-refractivity contribution < 1.29 is 5.11 Å². The van der Waals surface area contributed by atoms with Crippen LogP contribution in [0.3, 0.4) is 0 Å². The number of aromatic amines is 1. The fourth-order valence-electron chi connectivity index (χ4n) is 1.36. The second-order valence-electron chi connectivity index (χ2n) is 3.45. The molecule has 1 aromatic heterocycles. The first-order valence-corrected chi connectivity index (χ1v) is 5.61. The third-order valence-corrected chi connectivity index (χ3v) is 2.51. The lowest BCUT2D eigenvalue weighted by molar-refractivity contribution is 0.475. The van der Waals surface area contributed by atoms with E-state index in [1.165, 1.54) is 0 Å². The molecule has 17 heavy (non-hydrogen) atoms. The molecular formula is C11H12N4OS. The Morgan fingerprint density at radius 3 is 2.82 bits per heavy atom. The zero-order chi connectivity index (χ0) is 12.3. The van der Waals surface area contributed by atoms with E-state index in [4.69, 9.17) is 17.3 Å².